The van der Waals surface area contributed by atoms with Crippen molar-refractivity contribution < 1.29 is 4.74 Å². The number of rotatable bonds is 11. The number of nitrogens with one attached hydrogen (secondary N) is 2. The maximum absolute atomic E-state index is 6.12. The lowest BCUT2D eigenvalue weighted by molar-refractivity contribution is 0.00534. The topological polar surface area (TPSA) is 48.9 Å². The summed E-state index contributed by atoms with van der Waals surface area (Å²) < 4.78 is 6.29. The van der Waals surface area contributed by atoms with Crippen LogP contribution in [0.4, 0.5) is 0 Å². The molecular weight excluding hydrogens is 507 g/mol. The summed E-state index contributed by atoms with van der Waals surface area (Å²) in [7, 11) is 0. The molecule has 30 heavy (non-hydrogen) atoms. The third-order valence-electron chi connectivity index (χ3n) is 5.27. The molecule has 0 saturated carbocycles. The number of aliphatic imine (C=N–C) groups is 1. The van der Waals surface area contributed by atoms with E-state index in [2.05, 4.69) is 72.9 Å². The molecule has 0 unspecified atom stereocenters. The molecule has 1 heterocycles. The number of benzene rings is 1. The summed E-state index contributed by atoms with van der Waals surface area (Å²) in [5.74, 6) is 0.906. The van der Waals surface area contributed by atoms with Gasteiger partial charge in [0.2, 0.25) is 0 Å². The molecule has 1 aliphatic heterocycles. The number of halogens is 1. The zero-order valence-electron chi connectivity index (χ0n) is 19.2. The van der Waals surface area contributed by atoms with Crippen LogP contribution >= 0.6 is 35.7 Å². The quantitative estimate of drug-likeness (QED) is 0.186. The lowest BCUT2D eigenvalue weighted by Gasteiger charge is -2.32. The molecule has 5 nitrogen and oxygen atoms in total. The average molecular weight is 549 g/mol. The predicted molar refractivity (Wildman–Crippen MR) is 142 cm³/mol. The zero-order valence-corrected chi connectivity index (χ0v) is 22.3. The van der Waals surface area contributed by atoms with Crippen molar-refractivity contribution in [2.24, 2.45) is 4.99 Å². The molecule has 2 N–H and O–H groups in total. The summed E-state index contributed by atoms with van der Waals surface area (Å²) >= 11 is 1.85. The van der Waals surface area contributed by atoms with E-state index in [0.29, 0.717) is 6.10 Å². The zero-order chi connectivity index (χ0) is 21.0. The van der Waals surface area contributed by atoms with Crippen LogP contribution in [0.2, 0.25) is 0 Å². The van der Waals surface area contributed by atoms with Crippen molar-refractivity contribution in [1.82, 2.24) is 15.5 Å². The van der Waals surface area contributed by atoms with Crippen LogP contribution in [0.25, 0.3) is 0 Å². The number of likely N-dealkylation sites (tertiary alicyclic amines) is 1. The monoisotopic (exact) mass is 548 g/mol. The van der Waals surface area contributed by atoms with Gasteiger partial charge >= 0.3 is 0 Å². The highest BCUT2D eigenvalue weighted by atomic mass is 127. The second-order valence-corrected chi connectivity index (χ2v) is 9.78. The van der Waals surface area contributed by atoms with Gasteiger partial charge in [-0.1, -0.05) is 30.3 Å². The molecule has 1 fully saturated rings. The van der Waals surface area contributed by atoms with E-state index < -0.39 is 0 Å². The maximum Gasteiger partial charge on any atom is 0.191 e. The van der Waals surface area contributed by atoms with Crippen molar-refractivity contribution >= 4 is 41.7 Å². The van der Waals surface area contributed by atoms with Crippen LogP contribution in [0.1, 0.15) is 45.6 Å². The first-order valence-corrected chi connectivity index (χ1v) is 12.2. The average Bonchev–Trinajstić information content (AvgIpc) is 2.73. The van der Waals surface area contributed by atoms with Gasteiger partial charge in [-0.15, -0.1) is 24.0 Å². The Morgan fingerprint density at radius 2 is 1.90 bits per heavy atom. The summed E-state index contributed by atoms with van der Waals surface area (Å²) in [6.07, 6.45) is 5.81. The van der Waals surface area contributed by atoms with Gasteiger partial charge in [0.25, 0.3) is 0 Å². The number of piperidine rings is 1. The molecule has 0 atom stereocenters. The van der Waals surface area contributed by atoms with Crippen molar-refractivity contribution in [3.8, 4) is 0 Å². The fourth-order valence-electron chi connectivity index (χ4n) is 3.28. The summed E-state index contributed by atoms with van der Waals surface area (Å²) in [5.41, 5.74) is 1.40. The molecule has 1 aliphatic rings. The summed E-state index contributed by atoms with van der Waals surface area (Å²) in [4.78, 5) is 7.25. The normalized spacial score (nSPS) is 16.2. The fourth-order valence-corrected chi connectivity index (χ4v) is 3.47. The number of hydrogen-bond donors (Lipinski definition) is 2. The third kappa shape index (κ3) is 11.2. The molecule has 1 aromatic carbocycles. The highest BCUT2D eigenvalue weighted by Gasteiger charge is 2.19. The number of ether oxygens (including phenoxy) is 1. The second-order valence-electron chi connectivity index (χ2n) is 8.27. The van der Waals surface area contributed by atoms with Crippen LogP contribution in [0.5, 0.6) is 0 Å². The second kappa shape index (κ2) is 15.3. The SMILES string of the molecule is CCNC(=NCC(C)(C)SC)NCCCOC1CCN(Cc2ccccc2)CC1.I. The van der Waals surface area contributed by atoms with E-state index in [0.717, 1.165) is 71.1 Å². The molecule has 0 spiro atoms. The molecule has 172 valence electrons. The Kier molecular flexibility index (Phi) is 14.1. The summed E-state index contributed by atoms with van der Waals surface area (Å²) in [6, 6.07) is 10.7. The minimum atomic E-state index is 0. The molecule has 0 amide bonds. The standard InChI is InChI=1S/C23H40N4OS.HI/c1-5-24-22(26-19-23(2,3)29-4)25-14-9-17-28-21-12-15-27(16-13-21)18-20-10-7-6-8-11-20;/h6-8,10-11,21H,5,9,12-19H2,1-4H3,(H2,24,25,26);1H. The lowest BCUT2D eigenvalue weighted by Crippen LogP contribution is -2.39. The molecule has 7 heteroatoms. The summed E-state index contributed by atoms with van der Waals surface area (Å²) in [6.45, 7) is 13.2. The molecule has 0 aliphatic carbocycles. The Labute approximate surface area is 205 Å². The minimum absolute atomic E-state index is 0. The van der Waals surface area contributed by atoms with Crippen LogP contribution in [0, 0.1) is 0 Å². The number of guanidine groups is 1. The Hall–Kier alpha value is -0.510. The Balaban J connectivity index is 0.00000450. The first-order valence-electron chi connectivity index (χ1n) is 11.0. The van der Waals surface area contributed by atoms with Crippen LogP contribution in [0.15, 0.2) is 35.3 Å². The van der Waals surface area contributed by atoms with Crippen LogP contribution in [0.3, 0.4) is 0 Å². The number of thioether (sulfide) groups is 1. The van der Waals surface area contributed by atoms with E-state index in [4.69, 9.17) is 9.73 Å². The van der Waals surface area contributed by atoms with Crippen LogP contribution in [-0.2, 0) is 11.3 Å². The Bertz CT molecular complexity index is 592. The lowest BCUT2D eigenvalue weighted by atomic mass is 10.1. The van der Waals surface area contributed by atoms with Crippen molar-refractivity contribution in [1.29, 1.82) is 0 Å². The van der Waals surface area contributed by atoms with Gasteiger partial charge < -0.3 is 15.4 Å². The highest BCUT2D eigenvalue weighted by Crippen LogP contribution is 2.21. The fraction of sp³-hybridized carbons (Fsp3) is 0.696. The number of nitrogens with zero attached hydrogens (tertiary/aromatic N) is 2. The van der Waals surface area contributed by atoms with Crippen molar-refractivity contribution in [2.45, 2.75) is 57.4 Å². The third-order valence-corrected chi connectivity index (χ3v) is 6.50. The van der Waals surface area contributed by atoms with Crippen LogP contribution < -0.4 is 10.6 Å². The highest BCUT2D eigenvalue weighted by molar-refractivity contribution is 14.0. The van der Waals surface area contributed by atoms with Gasteiger partial charge in [0.05, 0.1) is 12.6 Å². The van der Waals surface area contributed by atoms with Gasteiger partial charge in [0.15, 0.2) is 5.96 Å². The van der Waals surface area contributed by atoms with Gasteiger partial charge in [-0.3, -0.25) is 9.89 Å². The smallest absolute Gasteiger partial charge is 0.191 e. The molecule has 0 bridgehead atoms. The van der Waals surface area contributed by atoms with Crippen molar-refractivity contribution in [3.05, 3.63) is 35.9 Å². The van der Waals surface area contributed by atoms with E-state index >= 15 is 0 Å². The molecule has 1 saturated heterocycles. The van der Waals surface area contributed by atoms with Gasteiger partial charge in [-0.25, -0.2) is 0 Å². The van der Waals surface area contributed by atoms with E-state index in [-0.39, 0.29) is 28.7 Å². The molecule has 0 aromatic heterocycles. The molecule has 0 radical (unpaired) electrons. The number of hydrogen-bond acceptors (Lipinski definition) is 4. The van der Waals surface area contributed by atoms with Crippen LogP contribution in [-0.4, -0.2) is 67.3 Å². The largest absolute Gasteiger partial charge is 0.378 e. The Morgan fingerprint density at radius 1 is 1.20 bits per heavy atom. The van der Waals surface area contributed by atoms with E-state index in [1.807, 2.05) is 11.8 Å². The van der Waals surface area contributed by atoms with Gasteiger partial charge in [0, 0.05) is 44.1 Å². The van der Waals surface area contributed by atoms with Crippen molar-refractivity contribution in [2.75, 3.05) is 45.6 Å². The van der Waals surface area contributed by atoms with Crippen molar-refractivity contribution in [3.63, 3.8) is 0 Å². The summed E-state index contributed by atoms with van der Waals surface area (Å²) in [5, 5.41) is 6.76. The van der Waals surface area contributed by atoms with Gasteiger partial charge in [-0.05, 0) is 51.9 Å². The molecule has 1 aromatic rings. The van der Waals surface area contributed by atoms with E-state index in [9.17, 15) is 0 Å². The first-order chi connectivity index (χ1) is 14.0. The molecule has 2 rings (SSSR count). The minimum Gasteiger partial charge on any atom is -0.378 e. The molecular formula is C23H41IN4OS. The first kappa shape index (κ1) is 27.5. The van der Waals surface area contributed by atoms with E-state index in [1.165, 1.54) is 5.56 Å². The Morgan fingerprint density at radius 3 is 2.53 bits per heavy atom. The predicted octanol–water partition coefficient (Wildman–Crippen LogP) is 4.37. The van der Waals surface area contributed by atoms with Gasteiger partial charge in [-0.2, -0.15) is 11.8 Å². The van der Waals surface area contributed by atoms with E-state index in [1.54, 1.807) is 0 Å². The maximum atomic E-state index is 6.12. The van der Waals surface area contributed by atoms with Gasteiger partial charge in [0.1, 0.15) is 0 Å².